The first-order valence-electron chi connectivity index (χ1n) is 11.0. The Balaban J connectivity index is 1.34. The third-order valence-electron chi connectivity index (χ3n) is 6.33. The summed E-state index contributed by atoms with van der Waals surface area (Å²) in [5, 5.41) is 5.07. The van der Waals surface area contributed by atoms with E-state index < -0.39 is 0 Å². The highest BCUT2D eigenvalue weighted by Gasteiger charge is 2.28. The summed E-state index contributed by atoms with van der Waals surface area (Å²) in [6.45, 7) is 9.82. The van der Waals surface area contributed by atoms with Crippen molar-refractivity contribution in [1.82, 2.24) is 24.5 Å². The SMILES string of the molecule is CCC1C(=O)NCCN1Cc1ccc2c(c1)CN(Cc1c(C)nc3sccn13)CCO2. The fourth-order valence-corrected chi connectivity index (χ4v) is 5.49. The van der Waals surface area contributed by atoms with Crippen LogP contribution >= 0.6 is 11.3 Å². The van der Waals surface area contributed by atoms with E-state index in [1.54, 1.807) is 11.3 Å². The molecule has 2 aliphatic heterocycles. The third-order valence-corrected chi connectivity index (χ3v) is 7.09. The number of nitrogens with zero attached hydrogens (tertiary/aromatic N) is 4. The maximum Gasteiger partial charge on any atom is 0.237 e. The van der Waals surface area contributed by atoms with Gasteiger partial charge in [-0.25, -0.2) is 4.98 Å². The van der Waals surface area contributed by atoms with E-state index in [0.717, 1.165) is 62.1 Å². The summed E-state index contributed by atoms with van der Waals surface area (Å²) in [5.41, 5.74) is 4.80. The number of imidazole rings is 1. The van der Waals surface area contributed by atoms with Gasteiger partial charge in [-0.2, -0.15) is 0 Å². The lowest BCUT2D eigenvalue weighted by atomic mass is 10.1. The average Bonchev–Trinajstić information content (AvgIpc) is 3.24. The van der Waals surface area contributed by atoms with Gasteiger partial charge in [0.05, 0.1) is 17.4 Å². The molecule has 1 amide bonds. The smallest absolute Gasteiger partial charge is 0.237 e. The van der Waals surface area contributed by atoms with E-state index in [0.29, 0.717) is 6.61 Å². The Bertz CT molecular complexity index is 1090. The number of piperazine rings is 1. The molecule has 4 heterocycles. The highest BCUT2D eigenvalue weighted by atomic mass is 32.1. The van der Waals surface area contributed by atoms with Crippen molar-refractivity contribution in [1.29, 1.82) is 0 Å². The Morgan fingerprint density at radius 2 is 2.19 bits per heavy atom. The fraction of sp³-hybridized carbons (Fsp3) is 0.478. The fourth-order valence-electron chi connectivity index (χ4n) is 4.71. The number of hydrogen-bond acceptors (Lipinski definition) is 6. The number of nitrogens with one attached hydrogen (secondary N) is 1. The van der Waals surface area contributed by atoms with Crippen molar-refractivity contribution in [2.45, 2.75) is 45.9 Å². The van der Waals surface area contributed by atoms with E-state index in [9.17, 15) is 4.79 Å². The van der Waals surface area contributed by atoms with Crippen molar-refractivity contribution < 1.29 is 9.53 Å². The summed E-state index contributed by atoms with van der Waals surface area (Å²) in [5.74, 6) is 1.12. The first-order chi connectivity index (χ1) is 15.1. The number of ether oxygens (including phenoxy) is 1. The molecule has 1 atom stereocenters. The molecule has 8 heteroatoms. The molecule has 164 valence electrons. The molecule has 2 aliphatic rings. The zero-order valence-electron chi connectivity index (χ0n) is 18.1. The van der Waals surface area contributed by atoms with Crippen molar-refractivity contribution in [3.05, 3.63) is 52.3 Å². The zero-order valence-corrected chi connectivity index (χ0v) is 19.0. The Morgan fingerprint density at radius 1 is 1.29 bits per heavy atom. The summed E-state index contributed by atoms with van der Waals surface area (Å²) in [6.07, 6.45) is 2.93. The highest BCUT2D eigenvalue weighted by Crippen LogP contribution is 2.27. The van der Waals surface area contributed by atoms with E-state index >= 15 is 0 Å². The van der Waals surface area contributed by atoms with Crippen LogP contribution in [0.5, 0.6) is 5.75 Å². The Hall–Kier alpha value is -2.42. The van der Waals surface area contributed by atoms with Crippen molar-refractivity contribution in [2.24, 2.45) is 0 Å². The van der Waals surface area contributed by atoms with Gasteiger partial charge < -0.3 is 10.1 Å². The summed E-state index contributed by atoms with van der Waals surface area (Å²) in [4.78, 5) is 22.7. The maximum absolute atomic E-state index is 12.2. The van der Waals surface area contributed by atoms with Gasteiger partial charge in [0, 0.05) is 56.4 Å². The van der Waals surface area contributed by atoms with Crippen LogP contribution in [0.15, 0.2) is 29.8 Å². The van der Waals surface area contributed by atoms with Gasteiger partial charge in [-0.15, -0.1) is 11.3 Å². The van der Waals surface area contributed by atoms with Gasteiger partial charge in [0.25, 0.3) is 0 Å². The van der Waals surface area contributed by atoms with Gasteiger partial charge in [-0.3, -0.25) is 19.0 Å². The number of carbonyl (C=O) groups excluding carboxylic acids is 1. The monoisotopic (exact) mass is 439 g/mol. The molecule has 1 unspecified atom stereocenters. The van der Waals surface area contributed by atoms with Crippen LogP contribution in [-0.2, 0) is 24.4 Å². The lowest BCUT2D eigenvalue weighted by Gasteiger charge is -2.34. The highest BCUT2D eigenvalue weighted by molar-refractivity contribution is 7.15. The van der Waals surface area contributed by atoms with Gasteiger partial charge in [-0.05, 0) is 31.0 Å². The van der Waals surface area contributed by atoms with Crippen LogP contribution in [0.1, 0.15) is 35.9 Å². The molecular formula is C23H29N5O2S. The van der Waals surface area contributed by atoms with E-state index in [-0.39, 0.29) is 11.9 Å². The first kappa shape index (κ1) is 20.5. The number of thiazole rings is 1. The molecule has 2 aromatic heterocycles. The maximum atomic E-state index is 12.2. The minimum atomic E-state index is -0.0434. The molecular weight excluding hydrogens is 410 g/mol. The quantitative estimate of drug-likeness (QED) is 0.662. The van der Waals surface area contributed by atoms with Crippen LogP contribution in [0, 0.1) is 6.92 Å². The molecule has 0 saturated carbocycles. The Morgan fingerprint density at radius 3 is 3.06 bits per heavy atom. The Labute approximate surface area is 186 Å². The van der Waals surface area contributed by atoms with Crippen molar-refractivity contribution in [2.75, 3.05) is 26.2 Å². The lowest BCUT2D eigenvalue weighted by Crippen LogP contribution is -2.54. The molecule has 5 rings (SSSR count). The summed E-state index contributed by atoms with van der Waals surface area (Å²) < 4.78 is 8.27. The van der Waals surface area contributed by atoms with Crippen LogP contribution < -0.4 is 10.1 Å². The van der Waals surface area contributed by atoms with Crippen LogP contribution in [0.25, 0.3) is 4.96 Å². The second-order valence-corrected chi connectivity index (χ2v) is 9.26. The standard InChI is InChI=1S/C23H29N5O2S/c1-3-19-22(29)24-6-7-27(19)13-17-4-5-21-18(12-17)14-26(8-10-30-21)15-20-16(2)25-23-28(20)9-11-31-23/h4-5,9,11-12,19H,3,6-8,10,13-15H2,1-2H3,(H,24,29). The van der Waals surface area contributed by atoms with Crippen LogP contribution in [-0.4, -0.2) is 57.4 Å². The van der Waals surface area contributed by atoms with E-state index in [2.05, 4.69) is 63.1 Å². The molecule has 1 fully saturated rings. The van der Waals surface area contributed by atoms with Crippen molar-refractivity contribution in [3.8, 4) is 5.75 Å². The molecule has 0 bridgehead atoms. The normalized spacial score (nSPS) is 20.3. The van der Waals surface area contributed by atoms with Crippen molar-refractivity contribution in [3.63, 3.8) is 0 Å². The van der Waals surface area contributed by atoms with Crippen molar-refractivity contribution >= 4 is 22.2 Å². The van der Waals surface area contributed by atoms with Crippen LogP contribution in [0.2, 0.25) is 0 Å². The van der Waals surface area contributed by atoms with Gasteiger partial charge in [0.2, 0.25) is 5.91 Å². The van der Waals surface area contributed by atoms with Crippen LogP contribution in [0.4, 0.5) is 0 Å². The van der Waals surface area contributed by atoms with Gasteiger partial charge in [0.15, 0.2) is 4.96 Å². The third kappa shape index (κ3) is 4.07. The van der Waals surface area contributed by atoms with E-state index in [1.165, 1.54) is 16.8 Å². The number of aryl methyl sites for hydroxylation is 1. The average molecular weight is 440 g/mol. The predicted octanol–water partition coefficient (Wildman–Crippen LogP) is 2.81. The molecule has 31 heavy (non-hydrogen) atoms. The molecule has 0 aliphatic carbocycles. The molecule has 1 aromatic carbocycles. The van der Waals surface area contributed by atoms with Gasteiger partial charge in [-0.1, -0.05) is 13.0 Å². The topological polar surface area (TPSA) is 62.1 Å². The summed E-state index contributed by atoms with van der Waals surface area (Å²) >= 11 is 1.67. The minimum absolute atomic E-state index is 0.0434. The number of carbonyl (C=O) groups is 1. The molecule has 0 radical (unpaired) electrons. The lowest BCUT2D eigenvalue weighted by molar-refractivity contribution is -0.129. The first-order valence-corrected chi connectivity index (χ1v) is 11.9. The molecule has 0 spiro atoms. The number of fused-ring (bicyclic) bond motifs is 2. The van der Waals surface area contributed by atoms with E-state index in [4.69, 9.17) is 9.72 Å². The number of rotatable bonds is 5. The Kier molecular flexibility index (Phi) is 5.69. The minimum Gasteiger partial charge on any atom is -0.492 e. The largest absolute Gasteiger partial charge is 0.492 e. The molecule has 1 saturated heterocycles. The molecule has 7 nitrogen and oxygen atoms in total. The number of amides is 1. The number of benzene rings is 1. The molecule has 3 aromatic rings. The predicted molar refractivity (Wildman–Crippen MR) is 121 cm³/mol. The summed E-state index contributed by atoms with van der Waals surface area (Å²) in [6, 6.07) is 6.46. The second-order valence-electron chi connectivity index (χ2n) is 8.39. The van der Waals surface area contributed by atoms with E-state index in [1.807, 2.05) is 0 Å². The zero-order chi connectivity index (χ0) is 21.4. The number of aromatic nitrogens is 2. The second kappa shape index (κ2) is 8.61. The summed E-state index contributed by atoms with van der Waals surface area (Å²) in [7, 11) is 0. The van der Waals surface area contributed by atoms with Gasteiger partial charge in [0.1, 0.15) is 12.4 Å². The molecule has 1 N–H and O–H groups in total. The number of hydrogen-bond donors (Lipinski definition) is 1. The van der Waals surface area contributed by atoms with Crippen LogP contribution in [0.3, 0.4) is 0 Å². The van der Waals surface area contributed by atoms with Gasteiger partial charge >= 0.3 is 0 Å².